The van der Waals surface area contributed by atoms with Gasteiger partial charge in [0.05, 0.1) is 19.8 Å². The molecule has 4 rings (SSSR count). The highest BCUT2D eigenvalue weighted by atomic mass is 16.5. The van der Waals surface area contributed by atoms with Gasteiger partial charge in [-0.3, -0.25) is 9.69 Å². The maximum atomic E-state index is 13.0. The van der Waals surface area contributed by atoms with E-state index in [-0.39, 0.29) is 18.1 Å². The van der Waals surface area contributed by atoms with Crippen LogP contribution in [0.2, 0.25) is 0 Å². The zero-order valence-electron chi connectivity index (χ0n) is 19.0. The maximum Gasteiger partial charge on any atom is 0.196 e. The second kappa shape index (κ2) is 9.79. The van der Waals surface area contributed by atoms with Crippen LogP contribution in [0.4, 0.5) is 0 Å². The van der Waals surface area contributed by atoms with E-state index in [0.29, 0.717) is 34.9 Å². The van der Waals surface area contributed by atoms with Gasteiger partial charge in [-0.2, -0.15) is 0 Å². The van der Waals surface area contributed by atoms with E-state index in [4.69, 9.17) is 14.2 Å². The number of ether oxygens (including phenoxy) is 3. The van der Waals surface area contributed by atoms with Crippen LogP contribution in [-0.2, 0) is 13.1 Å². The Morgan fingerprint density at radius 1 is 1.00 bits per heavy atom. The van der Waals surface area contributed by atoms with Crippen molar-refractivity contribution in [2.75, 3.05) is 27.9 Å². The minimum atomic E-state index is -0.136. The van der Waals surface area contributed by atoms with Crippen LogP contribution in [0, 0.1) is 0 Å². The lowest BCUT2D eigenvalue weighted by Crippen LogP contribution is -2.19. The van der Waals surface area contributed by atoms with Crippen LogP contribution in [0.25, 0.3) is 6.08 Å². The molecule has 0 amide bonds. The predicted octanol–water partition coefficient (Wildman–Crippen LogP) is 4.70. The molecule has 6 nitrogen and oxygen atoms in total. The number of rotatable bonds is 7. The number of Topliss-reactive ketones (excluding diaryl/α,β-unsaturated/α-hetero) is 1. The maximum absolute atomic E-state index is 13.0. The molecule has 0 spiro atoms. The van der Waals surface area contributed by atoms with Crippen molar-refractivity contribution in [2.45, 2.75) is 13.1 Å². The molecule has 3 aromatic carbocycles. The zero-order valence-corrected chi connectivity index (χ0v) is 19.0. The third kappa shape index (κ3) is 5.02. The molecule has 0 radical (unpaired) electrons. The fourth-order valence-electron chi connectivity index (χ4n) is 3.91. The van der Waals surface area contributed by atoms with E-state index in [0.717, 1.165) is 17.7 Å². The molecule has 33 heavy (non-hydrogen) atoms. The number of hydrogen-bond donors (Lipinski definition) is 1. The number of carbonyl (C=O) groups excluding carboxylic acids is 1. The van der Waals surface area contributed by atoms with E-state index >= 15 is 0 Å². The third-order valence-electron chi connectivity index (χ3n) is 5.59. The molecule has 0 bridgehead atoms. The Labute approximate surface area is 193 Å². The first kappa shape index (κ1) is 22.4. The lowest BCUT2D eigenvalue weighted by Gasteiger charge is -2.21. The summed E-state index contributed by atoms with van der Waals surface area (Å²) >= 11 is 0. The number of phenols is 1. The van der Waals surface area contributed by atoms with E-state index < -0.39 is 0 Å². The predicted molar refractivity (Wildman–Crippen MR) is 127 cm³/mol. The van der Waals surface area contributed by atoms with Gasteiger partial charge in [0.1, 0.15) is 18.1 Å². The summed E-state index contributed by atoms with van der Waals surface area (Å²) in [6.07, 6.45) is 1.75. The van der Waals surface area contributed by atoms with Crippen molar-refractivity contribution in [3.05, 3.63) is 88.5 Å². The van der Waals surface area contributed by atoms with Crippen molar-refractivity contribution in [1.29, 1.82) is 0 Å². The van der Waals surface area contributed by atoms with E-state index in [1.165, 1.54) is 19.8 Å². The minimum Gasteiger partial charge on any atom is -0.508 e. The number of ketones is 1. The molecule has 0 aromatic heterocycles. The van der Waals surface area contributed by atoms with Gasteiger partial charge in [0.2, 0.25) is 0 Å². The number of nitrogens with zero attached hydrogens (tertiary/aromatic N) is 1. The van der Waals surface area contributed by atoms with Gasteiger partial charge in [-0.05, 0) is 36.4 Å². The Morgan fingerprint density at radius 2 is 1.73 bits per heavy atom. The van der Waals surface area contributed by atoms with E-state index in [1.54, 1.807) is 24.3 Å². The van der Waals surface area contributed by atoms with Crippen LogP contribution in [-0.4, -0.2) is 43.7 Å². The Kier molecular flexibility index (Phi) is 6.66. The molecule has 0 atom stereocenters. The van der Waals surface area contributed by atoms with Crippen LogP contribution in [0.15, 0.2) is 66.2 Å². The third-order valence-corrected chi connectivity index (χ3v) is 5.59. The largest absolute Gasteiger partial charge is 0.508 e. The molecule has 1 aliphatic heterocycles. The zero-order chi connectivity index (χ0) is 23.4. The van der Waals surface area contributed by atoms with Gasteiger partial charge >= 0.3 is 0 Å². The number of carbonyl (C=O) groups is 1. The number of aromatic hydroxyl groups is 1. The average Bonchev–Trinajstić information content (AvgIpc) is 2.82. The average molecular weight is 446 g/mol. The summed E-state index contributed by atoms with van der Waals surface area (Å²) in [4.78, 5) is 15.2. The molecule has 3 aromatic rings. The smallest absolute Gasteiger partial charge is 0.196 e. The second-order valence-corrected chi connectivity index (χ2v) is 8.04. The Morgan fingerprint density at radius 3 is 2.42 bits per heavy atom. The highest BCUT2D eigenvalue weighted by molar-refractivity contribution is 6.14. The van der Waals surface area contributed by atoms with Crippen LogP contribution >= 0.6 is 0 Å². The molecule has 6 heteroatoms. The number of fused-ring (bicyclic) bond motifs is 1. The molecule has 1 N–H and O–H groups in total. The van der Waals surface area contributed by atoms with Crippen molar-refractivity contribution < 1.29 is 24.1 Å². The van der Waals surface area contributed by atoms with Crippen molar-refractivity contribution in [1.82, 2.24) is 4.90 Å². The van der Waals surface area contributed by atoms with Crippen LogP contribution < -0.4 is 14.2 Å². The van der Waals surface area contributed by atoms with Gasteiger partial charge in [-0.15, -0.1) is 0 Å². The first-order valence-electron chi connectivity index (χ1n) is 10.7. The summed E-state index contributed by atoms with van der Waals surface area (Å²) in [6, 6.07) is 19.0. The number of phenolic OH excluding ortho intramolecular Hbond substituents is 1. The molecule has 0 saturated carbocycles. The van der Waals surface area contributed by atoms with E-state index in [2.05, 4.69) is 17.0 Å². The summed E-state index contributed by atoms with van der Waals surface area (Å²) < 4.78 is 16.4. The molecule has 0 saturated heterocycles. The van der Waals surface area contributed by atoms with Gasteiger partial charge < -0.3 is 19.3 Å². The Bertz CT molecular complexity index is 1190. The first-order chi connectivity index (χ1) is 16.0. The normalized spacial score (nSPS) is 14.2. The van der Waals surface area contributed by atoms with Crippen molar-refractivity contribution in [2.24, 2.45) is 0 Å². The van der Waals surface area contributed by atoms with Gasteiger partial charge in [0, 0.05) is 30.3 Å². The molecule has 1 aliphatic rings. The SMILES string of the molecule is COc1cc2c(cc1OC)C(=O)/C(=C/c1ccc(CN(C)Cc3ccccc3)c(O)c1)CO2. The van der Waals surface area contributed by atoms with Crippen LogP contribution in [0.1, 0.15) is 27.0 Å². The summed E-state index contributed by atoms with van der Waals surface area (Å²) in [5.41, 5.74) is 3.70. The number of methoxy groups -OCH3 is 2. The molecule has 0 fully saturated rings. The number of benzene rings is 3. The molecule has 1 heterocycles. The van der Waals surface area contributed by atoms with Gasteiger partial charge in [-0.1, -0.05) is 42.5 Å². The Balaban J connectivity index is 1.50. The lowest BCUT2D eigenvalue weighted by molar-refractivity contribution is 0.1000. The van der Waals surface area contributed by atoms with Crippen molar-refractivity contribution in [3.8, 4) is 23.0 Å². The van der Waals surface area contributed by atoms with E-state index in [1.807, 2.05) is 37.4 Å². The number of hydrogen-bond acceptors (Lipinski definition) is 6. The molecular weight excluding hydrogens is 418 g/mol. The van der Waals surface area contributed by atoms with Gasteiger partial charge in [0.15, 0.2) is 17.3 Å². The minimum absolute atomic E-state index is 0.136. The van der Waals surface area contributed by atoms with Crippen LogP contribution in [0.3, 0.4) is 0 Å². The van der Waals surface area contributed by atoms with E-state index in [9.17, 15) is 9.90 Å². The Hall–Kier alpha value is -3.77. The lowest BCUT2D eigenvalue weighted by atomic mass is 9.97. The summed E-state index contributed by atoms with van der Waals surface area (Å²) in [5.74, 6) is 1.50. The molecule has 0 aliphatic carbocycles. The summed E-state index contributed by atoms with van der Waals surface area (Å²) in [6.45, 7) is 1.53. The van der Waals surface area contributed by atoms with Gasteiger partial charge in [-0.25, -0.2) is 0 Å². The fraction of sp³-hybridized carbons (Fsp3) is 0.222. The topological polar surface area (TPSA) is 68.2 Å². The van der Waals surface area contributed by atoms with Gasteiger partial charge in [0.25, 0.3) is 0 Å². The fourth-order valence-corrected chi connectivity index (χ4v) is 3.91. The highest BCUT2D eigenvalue weighted by Gasteiger charge is 2.26. The standard InChI is InChI=1S/C27H27NO5/c1-28(15-18-7-5-4-6-8-18)16-20-10-9-19(12-23(20)29)11-21-17-33-24-14-26(32-3)25(31-2)13-22(24)27(21)30/h4-14,29H,15-17H2,1-3H3/b21-11+. The van der Waals surface area contributed by atoms with Crippen LogP contribution in [0.5, 0.6) is 23.0 Å². The molecule has 0 unspecified atom stereocenters. The summed E-state index contributed by atoms with van der Waals surface area (Å²) in [7, 11) is 5.08. The second-order valence-electron chi connectivity index (χ2n) is 8.04. The van der Waals surface area contributed by atoms with Crippen molar-refractivity contribution in [3.63, 3.8) is 0 Å². The molecular formula is C27H27NO5. The first-order valence-corrected chi connectivity index (χ1v) is 10.7. The monoisotopic (exact) mass is 445 g/mol. The quantitative estimate of drug-likeness (QED) is 0.532. The highest BCUT2D eigenvalue weighted by Crippen LogP contribution is 2.38. The summed E-state index contributed by atoms with van der Waals surface area (Å²) in [5, 5.41) is 10.6. The van der Waals surface area contributed by atoms with Crippen molar-refractivity contribution >= 4 is 11.9 Å². The molecule has 170 valence electrons.